The summed E-state index contributed by atoms with van der Waals surface area (Å²) in [5, 5.41) is 8.10. The number of ether oxygens (including phenoxy) is 1. The van der Waals surface area contributed by atoms with Gasteiger partial charge in [0.25, 0.3) is 0 Å². The second-order valence-corrected chi connectivity index (χ2v) is 7.31. The van der Waals surface area contributed by atoms with E-state index in [1.54, 1.807) is 24.3 Å². The van der Waals surface area contributed by atoms with Crippen molar-refractivity contribution in [1.29, 1.82) is 0 Å². The number of hydrogen-bond donors (Lipinski definition) is 3. The van der Waals surface area contributed by atoms with E-state index in [2.05, 4.69) is 20.7 Å². The summed E-state index contributed by atoms with van der Waals surface area (Å²) in [5.41, 5.74) is 0.628. The first-order valence-electron chi connectivity index (χ1n) is 9.79. The molecule has 10 nitrogen and oxygen atoms in total. The fourth-order valence-corrected chi connectivity index (χ4v) is 3.03. The van der Waals surface area contributed by atoms with Crippen molar-refractivity contribution in [2.45, 2.75) is 38.9 Å². The van der Waals surface area contributed by atoms with Crippen LogP contribution in [0.4, 0.5) is 15.3 Å². The van der Waals surface area contributed by atoms with Crippen LogP contribution in [-0.4, -0.2) is 78.6 Å². The Morgan fingerprint density at radius 2 is 1.67 bits per heavy atom. The van der Waals surface area contributed by atoms with Crippen LogP contribution in [0.15, 0.2) is 30.3 Å². The Balaban J connectivity index is 2.14. The van der Waals surface area contributed by atoms with Gasteiger partial charge >= 0.3 is 18.0 Å². The largest absolute Gasteiger partial charge is 0.467 e. The van der Waals surface area contributed by atoms with Crippen molar-refractivity contribution in [2.24, 2.45) is 0 Å². The van der Waals surface area contributed by atoms with Crippen LogP contribution in [0.1, 0.15) is 20.8 Å². The van der Waals surface area contributed by atoms with Crippen molar-refractivity contribution in [2.75, 3.05) is 32.1 Å². The summed E-state index contributed by atoms with van der Waals surface area (Å²) in [7, 11) is 1.23. The molecule has 0 aliphatic carbocycles. The lowest BCUT2D eigenvalue weighted by molar-refractivity contribution is -0.145. The lowest BCUT2D eigenvalue weighted by Crippen LogP contribution is -2.64. The van der Waals surface area contributed by atoms with E-state index in [1.807, 2.05) is 19.9 Å². The number of para-hydroxylation sites is 1. The van der Waals surface area contributed by atoms with Crippen LogP contribution in [-0.2, 0) is 14.3 Å². The summed E-state index contributed by atoms with van der Waals surface area (Å²) in [4.78, 5) is 52.6. The standard InChI is InChI=1S/C20H29N5O5/c1-13(2)21-20(29)25-11-10-24(19(28)23-15-8-6-5-7-9-15)12-16(25)17(26)22-14(3)18(27)30-4/h5-9,13-14,16H,10-12H2,1-4H3,(H,21,29)(H,22,26)(H,23,28)/t14-,16-/m1/s1. The number of hydrogen-bond acceptors (Lipinski definition) is 5. The Bertz CT molecular complexity index is 770. The second kappa shape index (κ2) is 10.5. The van der Waals surface area contributed by atoms with Gasteiger partial charge in [0.1, 0.15) is 12.1 Å². The Morgan fingerprint density at radius 1 is 1.00 bits per heavy atom. The zero-order valence-electron chi connectivity index (χ0n) is 17.7. The minimum absolute atomic E-state index is 0.0100. The minimum atomic E-state index is -0.953. The summed E-state index contributed by atoms with van der Waals surface area (Å²) in [5.74, 6) is -1.14. The topological polar surface area (TPSA) is 120 Å². The van der Waals surface area contributed by atoms with Crippen LogP contribution in [0.3, 0.4) is 0 Å². The van der Waals surface area contributed by atoms with E-state index in [9.17, 15) is 19.2 Å². The lowest BCUT2D eigenvalue weighted by Gasteiger charge is -2.40. The van der Waals surface area contributed by atoms with Gasteiger partial charge in [0.15, 0.2) is 0 Å². The molecule has 1 saturated heterocycles. The maximum absolute atomic E-state index is 12.9. The molecule has 0 radical (unpaired) electrons. The number of rotatable bonds is 5. The van der Waals surface area contributed by atoms with Crippen LogP contribution < -0.4 is 16.0 Å². The summed E-state index contributed by atoms with van der Waals surface area (Å²) < 4.78 is 4.63. The van der Waals surface area contributed by atoms with Crippen molar-refractivity contribution >= 4 is 29.6 Å². The molecule has 30 heavy (non-hydrogen) atoms. The molecule has 2 atom stereocenters. The van der Waals surface area contributed by atoms with E-state index in [4.69, 9.17) is 0 Å². The third kappa shape index (κ3) is 6.10. The van der Waals surface area contributed by atoms with Gasteiger partial charge in [-0.05, 0) is 32.9 Å². The molecule has 0 bridgehead atoms. The molecule has 1 fully saturated rings. The van der Waals surface area contributed by atoms with E-state index in [1.165, 1.54) is 23.8 Å². The van der Waals surface area contributed by atoms with Gasteiger partial charge in [0.05, 0.1) is 13.7 Å². The first-order valence-corrected chi connectivity index (χ1v) is 9.79. The van der Waals surface area contributed by atoms with Gasteiger partial charge in [-0.3, -0.25) is 4.79 Å². The summed E-state index contributed by atoms with van der Waals surface area (Å²) >= 11 is 0. The third-order valence-electron chi connectivity index (χ3n) is 4.58. The van der Waals surface area contributed by atoms with E-state index >= 15 is 0 Å². The summed E-state index contributed by atoms with van der Waals surface area (Å²) in [6.07, 6.45) is 0. The number of esters is 1. The highest BCUT2D eigenvalue weighted by Crippen LogP contribution is 2.14. The molecule has 164 valence electrons. The minimum Gasteiger partial charge on any atom is -0.467 e. The van der Waals surface area contributed by atoms with Crippen molar-refractivity contribution < 1.29 is 23.9 Å². The molecule has 2 rings (SSSR count). The molecule has 3 N–H and O–H groups in total. The molecule has 0 unspecified atom stereocenters. The number of carbonyl (C=O) groups is 4. The number of piperazine rings is 1. The third-order valence-corrected chi connectivity index (χ3v) is 4.58. The fraction of sp³-hybridized carbons (Fsp3) is 0.500. The average Bonchev–Trinajstić information content (AvgIpc) is 2.72. The number of urea groups is 2. The molecule has 0 aromatic heterocycles. The molecule has 10 heteroatoms. The van der Waals surface area contributed by atoms with Crippen LogP contribution >= 0.6 is 0 Å². The molecule has 0 spiro atoms. The molecule has 1 aliphatic heterocycles. The molecule has 1 aliphatic rings. The maximum Gasteiger partial charge on any atom is 0.328 e. The van der Waals surface area contributed by atoms with Gasteiger partial charge in [0, 0.05) is 24.8 Å². The zero-order valence-corrected chi connectivity index (χ0v) is 17.7. The highest BCUT2D eigenvalue weighted by molar-refractivity contribution is 5.93. The first kappa shape index (κ1) is 23.0. The Kier molecular flexibility index (Phi) is 8.02. The number of amides is 5. The number of nitrogens with one attached hydrogen (secondary N) is 3. The van der Waals surface area contributed by atoms with E-state index in [-0.39, 0.29) is 31.7 Å². The molecule has 1 aromatic carbocycles. The maximum atomic E-state index is 12.9. The van der Waals surface area contributed by atoms with E-state index in [0.29, 0.717) is 5.69 Å². The SMILES string of the molecule is COC(=O)[C@@H](C)NC(=O)[C@H]1CN(C(=O)Nc2ccccc2)CCN1C(=O)NC(C)C. The van der Waals surface area contributed by atoms with Gasteiger partial charge in [-0.15, -0.1) is 0 Å². The van der Waals surface area contributed by atoms with Crippen molar-refractivity contribution in [3.05, 3.63) is 30.3 Å². The van der Waals surface area contributed by atoms with Crippen molar-refractivity contribution in [3.63, 3.8) is 0 Å². The zero-order chi connectivity index (χ0) is 22.3. The second-order valence-electron chi connectivity index (χ2n) is 7.31. The van der Waals surface area contributed by atoms with Crippen LogP contribution in [0.2, 0.25) is 0 Å². The average molecular weight is 419 g/mol. The normalized spacial score (nSPS) is 17.2. The molecule has 5 amide bonds. The Morgan fingerprint density at radius 3 is 2.27 bits per heavy atom. The van der Waals surface area contributed by atoms with Crippen LogP contribution in [0.25, 0.3) is 0 Å². The van der Waals surface area contributed by atoms with Gasteiger partial charge in [-0.25, -0.2) is 14.4 Å². The predicted octanol–water partition coefficient (Wildman–Crippen LogP) is 1.00. The summed E-state index contributed by atoms with van der Waals surface area (Å²) in [6, 6.07) is 6.22. The number of carbonyl (C=O) groups excluding carboxylic acids is 4. The lowest BCUT2D eigenvalue weighted by atomic mass is 10.1. The molecule has 1 aromatic rings. The van der Waals surface area contributed by atoms with E-state index in [0.717, 1.165) is 0 Å². The molecular formula is C20H29N5O5. The van der Waals surface area contributed by atoms with Crippen LogP contribution in [0, 0.1) is 0 Å². The van der Waals surface area contributed by atoms with Crippen LogP contribution in [0.5, 0.6) is 0 Å². The van der Waals surface area contributed by atoms with Crippen molar-refractivity contribution in [1.82, 2.24) is 20.4 Å². The fourth-order valence-electron chi connectivity index (χ4n) is 3.03. The smallest absolute Gasteiger partial charge is 0.328 e. The van der Waals surface area contributed by atoms with Gasteiger partial charge in [-0.2, -0.15) is 0 Å². The summed E-state index contributed by atoms with van der Waals surface area (Å²) in [6.45, 7) is 5.55. The highest BCUT2D eigenvalue weighted by Gasteiger charge is 2.38. The quantitative estimate of drug-likeness (QED) is 0.615. The number of anilines is 1. The Labute approximate surface area is 175 Å². The number of nitrogens with zero attached hydrogens (tertiary/aromatic N) is 2. The van der Waals surface area contributed by atoms with Gasteiger partial charge in [0.2, 0.25) is 5.91 Å². The van der Waals surface area contributed by atoms with Gasteiger partial charge in [-0.1, -0.05) is 18.2 Å². The Hall–Kier alpha value is -3.30. The molecule has 0 saturated carbocycles. The van der Waals surface area contributed by atoms with Gasteiger partial charge < -0.3 is 30.5 Å². The van der Waals surface area contributed by atoms with Crippen molar-refractivity contribution in [3.8, 4) is 0 Å². The van der Waals surface area contributed by atoms with E-state index < -0.39 is 30.0 Å². The number of methoxy groups -OCH3 is 1. The molecule has 1 heterocycles. The monoisotopic (exact) mass is 419 g/mol. The molecular weight excluding hydrogens is 390 g/mol. The predicted molar refractivity (Wildman–Crippen MR) is 111 cm³/mol. The highest BCUT2D eigenvalue weighted by atomic mass is 16.5. The number of benzene rings is 1. The first-order chi connectivity index (χ1) is 14.2.